The second kappa shape index (κ2) is 4.98. The molecule has 0 amide bonds. The third-order valence-electron chi connectivity index (χ3n) is 3.60. The standard InChI is InChI=1S/C17H16N4/c1-4-12-8-13(15-10(2)6-5-7-11(15)3)9-14-16(12)19-17(18)21-20-14/h4-9H,1H2,2-3H3,(H2,18,19,21). The summed E-state index contributed by atoms with van der Waals surface area (Å²) in [4.78, 5) is 4.26. The zero-order valence-electron chi connectivity index (χ0n) is 12.1. The number of aryl methyl sites for hydroxylation is 2. The number of nitrogens with two attached hydrogens (primary N) is 1. The summed E-state index contributed by atoms with van der Waals surface area (Å²) in [6.07, 6.45) is 1.77. The largest absolute Gasteiger partial charge is 0.366 e. The van der Waals surface area contributed by atoms with Crippen molar-refractivity contribution in [2.75, 3.05) is 5.73 Å². The fourth-order valence-corrected chi connectivity index (χ4v) is 2.65. The third kappa shape index (κ3) is 2.25. The number of nitrogen functional groups attached to an aromatic ring is 1. The highest BCUT2D eigenvalue weighted by molar-refractivity contribution is 5.90. The highest BCUT2D eigenvalue weighted by atomic mass is 15.2. The molecule has 104 valence electrons. The van der Waals surface area contributed by atoms with Crippen LogP contribution in [0.25, 0.3) is 28.2 Å². The van der Waals surface area contributed by atoms with Crippen molar-refractivity contribution in [1.29, 1.82) is 0 Å². The summed E-state index contributed by atoms with van der Waals surface area (Å²) < 4.78 is 0. The van der Waals surface area contributed by atoms with Gasteiger partial charge in [0, 0.05) is 5.56 Å². The van der Waals surface area contributed by atoms with Crippen LogP contribution in [0.1, 0.15) is 16.7 Å². The number of anilines is 1. The summed E-state index contributed by atoms with van der Waals surface area (Å²) in [5, 5.41) is 7.99. The lowest BCUT2D eigenvalue weighted by Crippen LogP contribution is -1.99. The second-order valence-electron chi connectivity index (χ2n) is 5.07. The van der Waals surface area contributed by atoms with Gasteiger partial charge in [0.05, 0.1) is 0 Å². The van der Waals surface area contributed by atoms with Gasteiger partial charge in [-0.2, -0.15) is 0 Å². The molecular formula is C17H16N4. The molecule has 0 saturated heterocycles. The summed E-state index contributed by atoms with van der Waals surface area (Å²) >= 11 is 0. The van der Waals surface area contributed by atoms with Crippen molar-refractivity contribution in [3.8, 4) is 11.1 Å². The van der Waals surface area contributed by atoms with Crippen LogP contribution in [0.3, 0.4) is 0 Å². The van der Waals surface area contributed by atoms with Crippen LogP contribution in [0.2, 0.25) is 0 Å². The van der Waals surface area contributed by atoms with Gasteiger partial charge in [0.1, 0.15) is 11.0 Å². The van der Waals surface area contributed by atoms with Gasteiger partial charge in [-0.05, 0) is 48.2 Å². The first-order chi connectivity index (χ1) is 10.1. The van der Waals surface area contributed by atoms with E-state index in [1.165, 1.54) is 16.7 Å². The van der Waals surface area contributed by atoms with Crippen molar-refractivity contribution in [3.05, 3.63) is 53.6 Å². The van der Waals surface area contributed by atoms with Gasteiger partial charge in [0.2, 0.25) is 5.95 Å². The molecule has 21 heavy (non-hydrogen) atoms. The van der Waals surface area contributed by atoms with Crippen LogP contribution in [-0.4, -0.2) is 15.2 Å². The summed E-state index contributed by atoms with van der Waals surface area (Å²) in [7, 11) is 0. The van der Waals surface area contributed by atoms with Gasteiger partial charge >= 0.3 is 0 Å². The van der Waals surface area contributed by atoms with Crippen LogP contribution < -0.4 is 5.73 Å². The van der Waals surface area contributed by atoms with Crippen molar-refractivity contribution in [1.82, 2.24) is 15.2 Å². The summed E-state index contributed by atoms with van der Waals surface area (Å²) in [5.41, 5.74) is 12.7. The molecule has 2 N–H and O–H groups in total. The smallest absolute Gasteiger partial charge is 0.240 e. The molecule has 3 aromatic rings. The number of benzene rings is 2. The zero-order valence-corrected chi connectivity index (χ0v) is 12.1. The minimum Gasteiger partial charge on any atom is -0.366 e. The van der Waals surface area contributed by atoms with Crippen LogP contribution in [0.15, 0.2) is 36.9 Å². The first-order valence-corrected chi connectivity index (χ1v) is 6.73. The molecule has 1 aromatic heterocycles. The number of hydrogen-bond donors (Lipinski definition) is 1. The third-order valence-corrected chi connectivity index (χ3v) is 3.60. The number of nitrogens with zero attached hydrogens (tertiary/aromatic N) is 3. The maximum atomic E-state index is 5.63. The second-order valence-corrected chi connectivity index (χ2v) is 5.07. The Hall–Kier alpha value is -2.75. The molecule has 4 heteroatoms. The van der Waals surface area contributed by atoms with Crippen LogP contribution in [-0.2, 0) is 0 Å². The van der Waals surface area contributed by atoms with Crippen LogP contribution in [0.4, 0.5) is 5.95 Å². The van der Waals surface area contributed by atoms with E-state index in [0.29, 0.717) is 0 Å². The zero-order chi connectivity index (χ0) is 15.0. The minimum atomic E-state index is 0.172. The van der Waals surface area contributed by atoms with Gasteiger partial charge in [0.25, 0.3) is 0 Å². The first kappa shape index (κ1) is 13.2. The molecule has 0 fully saturated rings. The Labute approximate surface area is 123 Å². The van der Waals surface area contributed by atoms with E-state index in [1.807, 2.05) is 6.07 Å². The Bertz CT molecular complexity index is 833. The molecular weight excluding hydrogens is 260 g/mol. The average Bonchev–Trinajstić information content (AvgIpc) is 2.46. The van der Waals surface area contributed by atoms with Crippen LogP contribution in [0.5, 0.6) is 0 Å². The van der Waals surface area contributed by atoms with E-state index in [1.54, 1.807) is 6.08 Å². The Morgan fingerprint density at radius 3 is 2.48 bits per heavy atom. The summed E-state index contributed by atoms with van der Waals surface area (Å²) in [6, 6.07) is 10.3. The predicted octanol–water partition coefficient (Wildman–Crippen LogP) is 3.53. The molecule has 0 bridgehead atoms. The van der Waals surface area contributed by atoms with Crippen LogP contribution in [0, 0.1) is 13.8 Å². The van der Waals surface area contributed by atoms with Crippen molar-refractivity contribution in [3.63, 3.8) is 0 Å². The van der Waals surface area contributed by atoms with E-state index < -0.39 is 0 Å². The Morgan fingerprint density at radius 2 is 1.81 bits per heavy atom. The summed E-state index contributed by atoms with van der Waals surface area (Å²) in [5.74, 6) is 0.172. The molecule has 0 aliphatic carbocycles. The van der Waals surface area contributed by atoms with E-state index in [-0.39, 0.29) is 5.95 Å². The van der Waals surface area contributed by atoms with Gasteiger partial charge in [-0.25, -0.2) is 4.98 Å². The van der Waals surface area contributed by atoms with E-state index >= 15 is 0 Å². The Morgan fingerprint density at radius 1 is 1.10 bits per heavy atom. The van der Waals surface area contributed by atoms with Gasteiger partial charge < -0.3 is 5.73 Å². The highest BCUT2D eigenvalue weighted by Gasteiger charge is 2.11. The number of hydrogen-bond acceptors (Lipinski definition) is 4. The topological polar surface area (TPSA) is 64.7 Å². The molecule has 2 aromatic carbocycles. The van der Waals surface area contributed by atoms with Gasteiger partial charge in [-0.1, -0.05) is 30.9 Å². The first-order valence-electron chi connectivity index (χ1n) is 6.73. The molecule has 0 aliphatic rings. The highest BCUT2D eigenvalue weighted by Crippen LogP contribution is 2.31. The predicted molar refractivity (Wildman–Crippen MR) is 86.7 cm³/mol. The fraction of sp³-hybridized carbons (Fsp3) is 0.118. The van der Waals surface area contributed by atoms with E-state index in [9.17, 15) is 0 Å². The monoisotopic (exact) mass is 276 g/mol. The molecule has 0 atom stereocenters. The molecule has 1 heterocycles. The molecule has 0 saturated carbocycles. The lowest BCUT2D eigenvalue weighted by molar-refractivity contribution is 1.04. The quantitative estimate of drug-likeness (QED) is 0.777. The number of rotatable bonds is 2. The molecule has 0 aliphatic heterocycles. The Balaban J connectivity index is 2.35. The average molecular weight is 276 g/mol. The SMILES string of the molecule is C=Cc1cc(-c2c(C)cccc2C)cc2nnc(N)nc12. The summed E-state index contributed by atoms with van der Waals surface area (Å²) in [6.45, 7) is 8.07. The van der Waals surface area contributed by atoms with Gasteiger partial charge in [-0.15, -0.1) is 10.2 Å². The van der Waals surface area contributed by atoms with Gasteiger partial charge in [-0.3, -0.25) is 0 Å². The molecule has 0 unspecified atom stereocenters. The fourth-order valence-electron chi connectivity index (χ4n) is 2.65. The Kier molecular flexibility index (Phi) is 3.14. The minimum absolute atomic E-state index is 0.172. The van der Waals surface area contributed by atoms with Gasteiger partial charge in [0.15, 0.2) is 0 Å². The maximum absolute atomic E-state index is 5.63. The van der Waals surface area contributed by atoms with Crippen molar-refractivity contribution >= 4 is 23.1 Å². The van der Waals surface area contributed by atoms with Crippen molar-refractivity contribution in [2.45, 2.75) is 13.8 Å². The molecule has 3 rings (SSSR count). The lowest BCUT2D eigenvalue weighted by atomic mass is 9.94. The van der Waals surface area contributed by atoms with Crippen LogP contribution >= 0.6 is 0 Å². The normalized spacial score (nSPS) is 10.8. The molecule has 0 radical (unpaired) electrons. The molecule has 0 spiro atoms. The van der Waals surface area contributed by atoms with Crippen molar-refractivity contribution in [2.24, 2.45) is 0 Å². The number of aromatic nitrogens is 3. The van der Waals surface area contributed by atoms with Crippen molar-refractivity contribution < 1.29 is 0 Å². The lowest BCUT2D eigenvalue weighted by Gasteiger charge is -2.12. The van der Waals surface area contributed by atoms with E-state index in [4.69, 9.17) is 5.73 Å². The number of fused-ring (bicyclic) bond motifs is 1. The molecule has 4 nitrogen and oxygen atoms in total. The van der Waals surface area contributed by atoms with E-state index in [0.717, 1.165) is 22.2 Å². The maximum Gasteiger partial charge on any atom is 0.240 e. The van der Waals surface area contributed by atoms with E-state index in [2.05, 4.69) is 59.9 Å².